The topological polar surface area (TPSA) is 103 Å². The molecule has 0 radical (unpaired) electrons. The first-order valence-corrected chi connectivity index (χ1v) is 8.16. The van der Waals surface area contributed by atoms with E-state index in [1.807, 2.05) is 29.2 Å². The van der Waals surface area contributed by atoms with Gasteiger partial charge < -0.3 is 10.1 Å². The van der Waals surface area contributed by atoms with E-state index < -0.39 is 0 Å². The molecule has 2 N–H and O–H groups in total. The molecular formula is C17H18N6O. The summed E-state index contributed by atoms with van der Waals surface area (Å²) in [5, 5.41) is 25.0. The van der Waals surface area contributed by atoms with Crippen molar-refractivity contribution >= 4 is 11.0 Å². The van der Waals surface area contributed by atoms with Crippen molar-refractivity contribution in [1.82, 2.24) is 24.7 Å². The van der Waals surface area contributed by atoms with Crippen molar-refractivity contribution < 1.29 is 5.11 Å². The quantitative estimate of drug-likeness (QED) is 0.768. The average molecular weight is 322 g/mol. The molecule has 0 amide bonds. The lowest BCUT2D eigenvalue weighted by Crippen LogP contribution is -2.26. The van der Waals surface area contributed by atoms with Crippen LogP contribution in [0, 0.1) is 17.2 Å². The zero-order valence-electron chi connectivity index (χ0n) is 13.1. The van der Waals surface area contributed by atoms with Crippen molar-refractivity contribution in [2.24, 2.45) is 5.92 Å². The molecule has 1 aliphatic rings. The van der Waals surface area contributed by atoms with Gasteiger partial charge in [-0.25, -0.2) is 9.97 Å². The molecule has 7 heteroatoms. The summed E-state index contributed by atoms with van der Waals surface area (Å²) in [6, 6.07) is 5.96. The van der Waals surface area contributed by atoms with Gasteiger partial charge in [0.25, 0.3) is 0 Å². The van der Waals surface area contributed by atoms with Crippen molar-refractivity contribution in [2.75, 3.05) is 0 Å². The molecule has 7 nitrogen and oxygen atoms in total. The molecule has 3 aromatic heterocycles. The highest BCUT2D eigenvalue weighted by atomic mass is 16.3. The molecule has 24 heavy (non-hydrogen) atoms. The van der Waals surface area contributed by atoms with Crippen LogP contribution in [0.15, 0.2) is 30.9 Å². The van der Waals surface area contributed by atoms with Crippen LogP contribution < -0.4 is 0 Å². The highest BCUT2D eigenvalue weighted by Crippen LogP contribution is 2.36. The molecule has 3 atom stereocenters. The Morgan fingerprint density at radius 2 is 2.29 bits per heavy atom. The number of hydrogen-bond acceptors (Lipinski definition) is 5. The Kier molecular flexibility index (Phi) is 3.75. The summed E-state index contributed by atoms with van der Waals surface area (Å²) in [5.41, 5.74) is 2.29. The predicted octanol–water partition coefficient (Wildman–Crippen LogP) is 2.44. The number of aromatic amines is 1. The minimum absolute atomic E-state index is 0.0788. The Bertz CT molecular complexity index is 892. The normalized spacial score (nSPS) is 21.8. The summed E-state index contributed by atoms with van der Waals surface area (Å²) < 4.78 is 1.82. The van der Waals surface area contributed by atoms with Crippen LogP contribution in [0.5, 0.6) is 0 Å². The second-order valence-electron chi connectivity index (χ2n) is 6.23. The van der Waals surface area contributed by atoms with Crippen molar-refractivity contribution in [3.63, 3.8) is 0 Å². The Labute approximate surface area is 139 Å². The minimum Gasteiger partial charge on any atom is -0.393 e. The van der Waals surface area contributed by atoms with Gasteiger partial charge in [-0.2, -0.15) is 10.4 Å². The van der Waals surface area contributed by atoms with E-state index in [1.54, 1.807) is 0 Å². The molecule has 4 rings (SSSR count). The fourth-order valence-corrected chi connectivity index (χ4v) is 3.68. The third-order valence-electron chi connectivity index (χ3n) is 4.87. The highest BCUT2D eigenvalue weighted by molar-refractivity contribution is 5.89. The lowest BCUT2D eigenvalue weighted by atomic mass is 9.94. The molecule has 0 saturated heterocycles. The van der Waals surface area contributed by atoms with Crippen LogP contribution in [0.3, 0.4) is 0 Å². The predicted molar refractivity (Wildman–Crippen MR) is 87.7 cm³/mol. The number of nitrogens with one attached hydrogen (secondary N) is 1. The number of hydrogen-bond donors (Lipinski definition) is 2. The summed E-state index contributed by atoms with van der Waals surface area (Å²) in [4.78, 5) is 11.6. The van der Waals surface area contributed by atoms with E-state index in [1.165, 1.54) is 6.33 Å². The number of rotatable bonds is 4. The molecule has 0 unspecified atom stereocenters. The third-order valence-corrected chi connectivity index (χ3v) is 4.87. The van der Waals surface area contributed by atoms with Gasteiger partial charge in [0.15, 0.2) is 0 Å². The molecule has 1 saturated carbocycles. The molecule has 3 aromatic rings. The van der Waals surface area contributed by atoms with Crippen LogP contribution in [0.4, 0.5) is 0 Å². The third kappa shape index (κ3) is 2.45. The van der Waals surface area contributed by atoms with Gasteiger partial charge in [-0.3, -0.25) is 4.68 Å². The molecule has 0 aliphatic heterocycles. The van der Waals surface area contributed by atoms with Crippen molar-refractivity contribution in [3.05, 3.63) is 30.9 Å². The maximum Gasteiger partial charge on any atom is 0.141 e. The van der Waals surface area contributed by atoms with Crippen LogP contribution >= 0.6 is 0 Å². The first-order valence-electron chi connectivity index (χ1n) is 8.16. The molecule has 0 bridgehead atoms. The van der Waals surface area contributed by atoms with Crippen molar-refractivity contribution in [1.29, 1.82) is 5.26 Å². The molecule has 0 aromatic carbocycles. The van der Waals surface area contributed by atoms with Crippen LogP contribution in [0.2, 0.25) is 0 Å². The van der Waals surface area contributed by atoms with Crippen LogP contribution in [-0.2, 0) is 0 Å². The number of H-pyrrole nitrogens is 1. The van der Waals surface area contributed by atoms with Crippen molar-refractivity contribution in [3.8, 4) is 17.5 Å². The van der Waals surface area contributed by atoms with E-state index in [2.05, 4.69) is 26.1 Å². The molecule has 122 valence electrons. The maximum atomic E-state index is 10.2. The second kappa shape index (κ2) is 6.06. The summed E-state index contributed by atoms with van der Waals surface area (Å²) in [6.07, 6.45) is 7.93. The van der Waals surface area contributed by atoms with E-state index >= 15 is 0 Å². The standard InChI is InChI=1S/C17H18N6O/c18-7-4-14(11-2-1-3-15(11)24)23-9-6-13(22-23)16-12-5-8-19-17(12)21-10-20-16/h5-6,8-11,14-15,24H,1-4H2,(H,19,20,21)/t11-,14+,15-/m1/s1. The lowest BCUT2D eigenvalue weighted by Gasteiger charge is -2.24. The Morgan fingerprint density at radius 3 is 3.08 bits per heavy atom. The monoisotopic (exact) mass is 322 g/mol. The molecular weight excluding hydrogens is 304 g/mol. The zero-order chi connectivity index (χ0) is 16.5. The van der Waals surface area contributed by atoms with E-state index in [0.29, 0.717) is 6.42 Å². The summed E-state index contributed by atoms with van der Waals surface area (Å²) in [7, 11) is 0. The van der Waals surface area contributed by atoms with Gasteiger partial charge in [-0.15, -0.1) is 0 Å². The van der Waals surface area contributed by atoms with Crippen LogP contribution in [-0.4, -0.2) is 35.9 Å². The molecule has 1 fully saturated rings. The zero-order valence-corrected chi connectivity index (χ0v) is 13.1. The van der Waals surface area contributed by atoms with Gasteiger partial charge in [-0.1, -0.05) is 6.42 Å². The van der Waals surface area contributed by atoms with Gasteiger partial charge in [0.1, 0.15) is 23.4 Å². The number of fused-ring (bicyclic) bond motifs is 1. The first kappa shape index (κ1) is 14.8. The van der Waals surface area contributed by atoms with Gasteiger partial charge in [0.2, 0.25) is 0 Å². The average Bonchev–Trinajstić information content (AvgIpc) is 3.32. The molecule has 1 aliphatic carbocycles. The summed E-state index contributed by atoms with van der Waals surface area (Å²) in [6.45, 7) is 0. The van der Waals surface area contributed by atoms with Crippen LogP contribution in [0.1, 0.15) is 31.7 Å². The fourth-order valence-electron chi connectivity index (χ4n) is 3.68. The molecule has 3 heterocycles. The van der Waals surface area contributed by atoms with E-state index in [9.17, 15) is 10.4 Å². The smallest absolute Gasteiger partial charge is 0.141 e. The highest BCUT2D eigenvalue weighted by Gasteiger charge is 2.34. The number of aliphatic hydroxyl groups is 1. The Hall–Kier alpha value is -2.72. The summed E-state index contributed by atoms with van der Waals surface area (Å²) >= 11 is 0. The van der Waals surface area contributed by atoms with E-state index in [-0.39, 0.29) is 18.1 Å². The Balaban J connectivity index is 1.70. The van der Waals surface area contributed by atoms with Gasteiger partial charge in [0, 0.05) is 23.7 Å². The Morgan fingerprint density at radius 1 is 1.38 bits per heavy atom. The van der Waals surface area contributed by atoms with Crippen LogP contribution in [0.25, 0.3) is 22.4 Å². The number of aromatic nitrogens is 5. The van der Waals surface area contributed by atoms with Gasteiger partial charge >= 0.3 is 0 Å². The fraction of sp³-hybridized carbons (Fsp3) is 0.412. The maximum absolute atomic E-state index is 10.2. The number of nitrogens with zero attached hydrogens (tertiary/aromatic N) is 5. The first-order chi connectivity index (χ1) is 11.8. The minimum atomic E-state index is -0.355. The SMILES string of the molecule is N#CC[C@@H]([C@H]1CCC[C@H]1O)n1ccc(-c2ncnc3[nH]ccc23)n1. The summed E-state index contributed by atoms with van der Waals surface area (Å²) in [5.74, 6) is 0.0788. The van der Waals surface area contributed by atoms with Gasteiger partial charge in [-0.05, 0) is 25.0 Å². The lowest BCUT2D eigenvalue weighted by molar-refractivity contribution is 0.0977. The van der Waals surface area contributed by atoms with Gasteiger partial charge in [0.05, 0.1) is 24.6 Å². The molecule has 0 spiro atoms. The largest absolute Gasteiger partial charge is 0.393 e. The number of nitriles is 1. The van der Waals surface area contributed by atoms with E-state index in [0.717, 1.165) is 41.7 Å². The number of aliphatic hydroxyl groups excluding tert-OH is 1. The second-order valence-corrected chi connectivity index (χ2v) is 6.23. The van der Waals surface area contributed by atoms with E-state index in [4.69, 9.17) is 0 Å². The van der Waals surface area contributed by atoms with Crippen molar-refractivity contribution in [2.45, 2.75) is 37.8 Å².